The molecule has 8 heteroatoms. The van der Waals surface area contributed by atoms with Gasteiger partial charge in [-0.1, -0.05) is 0 Å². The minimum absolute atomic E-state index is 0.0428. The predicted octanol–water partition coefficient (Wildman–Crippen LogP) is 0.143. The lowest BCUT2D eigenvalue weighted by Gasteiger charge is -2.36. The Hall–Kier alpha value is -1.28. The van der Waals surface area contributed by atoms with Crippen molar-refractivity contribution in [2.75, 3.05) is 25.4 Å². The standard InChI is InChI=1S/C14H20N2O5S/c1-14-3-2-11(17)16(14)10(8-22-14)13(20)15-4-5-21-9(7-15)6-12(18)19/h9-10H,2-8H2,1H3,(H,18,19)/t9-,10-,14+/m1/s1. The molecule has 7 nitrogen and oxygen atoms in total. The van der Waals surface area contributed by atoms with Crippen LogP contribution in [0.4, 0.5) is 0 Å². The highest BCUT2D eigenvalue weighted by Gasteiger charge is 2.53. The number of amides is 2. The summed E-state index contributed by atoms with van der Waals surface area (Å²) in [6.07, 6.45) is 0.706. The van der Waals surface area contributed by atoms with Crippen LogP contribution < -0.4 is 0 Å². The monoisotopic (exact) mass is 328 g/mol. The van der Waals surface area contributed by atoms with Gasteiger partial charge in [0, 0.05) is 25.3 Å². The van der Waals surface area contributed by atoms with Gasteiger partial charge in [-0.05, 0) is 13.3 Å². The lowest BCUT2D eigenvalue weighted by Crippen LogP contribution is -2.55. The molecule has 22 heavy (non-hydrogen) atoms. The van der Waals surface area contributed by atoms with Crippen molar-refractivity contribution in [2.24, 2.45) is 0 Å². The molecule has 0 aliphatic carbocycles. The predicted molar refractivity (Wildman–Crippen MR) is 79.3 cm³/mol. The number of carboxylic acids is 1. The zero-order valence-electron chi connectivity index (χ0n) is 12.5. The highest BCUT2D eigenvalue weighted by molar-refractivity contribution is 8.01. The number of rotatable bonds is 3. The first-order valence-corrected chi connectivity index (χ1v) is 8.47. The fraction of sp³-hybridized carbons (Fsp3) is 0.786. The molecule has 0 saturated carbocycles. The van der Waals surface area contributed by atoms with E-state index in [2.05, 4.69) is 0 Å². The maximum Gasteiger partial charge on any atom is 0.306 e. The molecule has 2 amide bonds. The Balaban J connectivity index is 1.69. The number of nitrogens with zero attached hydrogens (tertiary/aromatic N) is 2. The Morgan fingerprint density at radius 1 is 1.50 bits per heavy atom. The molecule has 0 aromatic rings. The third-order valence-corrected chi connectivity index (χ3v) is 6.09. The SMILES string of the molecule is C[C@]12CCC(=O)N1[C@@H](C(=O)N1CCO[C@H](CC(=O)O)C1)CS2. The van der Waals surface area contributed by atoms with E-state index in [1.54, 1.807) is 21.6 Å². The number of carbonyl (C=O) groups is 3. The number of thioether (sulfide) groups is 1. The van der Waals surface area contributed by atoms with Gasteiger partial charge in [-0.3, -0.25) is 14.4 Å². The lowest BCUT2D eigenvalue weighted by molar-refractivity contribution is -0.152. The average molecular weight is 328 g/mol. The Morgan fingerprint density at radius 2 is 2.27 bits per heavy atom. The van der Waals surface area contributed by atoms with Crippen molar-refractivity contribution in [1.82, 2.24) is 9.80 Å². The van der Waals surface area contributed by atoms with E-state index in [4.69, 9.17) is 9.84 Å². The Kier molecular flexibility index (Phi) is 4.07. The van der Waals surface area contributed by atoms with Crippen LogP contribution in [0.5, 0.6) is 0 Å². The van der Waals surface area contributed by atoms with Crippen molar-refractivity contribution in [3.8, 4) is 0 Å². The van der Waals surface area contributed by atoms with Crippen LogP contribution in [0, 0.1) is 0 Å². The number of carbonyl (C=O) groups excluding carboxylic acids is 2. The number of morpholine rings is 1. The number of hydrogen-bond acceptors (Lipinski definition) is 5. The second kappa shape index (κ2) is 5.73. The molecule has 3 atom stereocenters. The quantitative estimate of drug-likeness (QED) is 0.793. The molecule has 0 bridgehead atoms. The highest BCUT2D eigenvalue weighted by Crippen LogP contribution is 2.47. The van der Waals surface area contributed by atoms with E-state index in [-0.39, 0.29) is 29.7 Å². The van der Waals surface area contributed by atoms with E-state index in [9.17, 15) is 14.4 Å². The molecule has 0 aromatic heterocycles. The van der Waals surface area contributed by atoms with E-state index in [0.29, 0.717) is 25.3 Å². The molecule has 3 aliphatic rings. The average Bonchev–Trinajstić information content (AvgIpc) is 2.95. The highest BCUT2D eigenvalue weighted by atomic mass is 32.2. The summed E-state index contributed by atoms with van der Waals surface area (Å²) >= 11 is 1.66. The van der Waals surface area contributed by atoms with Crippen molar-refractivity contribution in [3.05, 3.63) is 0 Å². The molecule has 0 unspecified atom stereocenters. The van der Waals surface area contributed by atoms with Crippen molar-refractivity contribution < 1.29 is 24.2 Å². The normalized spacial score (nSPS) is 34.9. The molecular weight excluding hydrogens is 308 g/mol. The van der Waals surface area contributed by atoms with Gasteiger partial charge in [0.05, 0.1) is 24.0 Å². The Bertz CT molecular complexity index is 513. The van der Waals surface area contributed by atoms with E-state index in [0.717, 1.165) is 6.42 Å². The van der Waals surface area contributed by atoms with Gasteiger partial charge in [0.2, 0.25) is 11.8 Å². The van der Waals surface area contributed by atoms with Crippen LogP contribution in [0.2, 0.25) is 0 Å². The number of hydrogen-bond donors (Lipinski definition) is 1. The van der Waals surface area contributed by atoms with Gasteiger partial charge >= 0.3 is 5.97 Å². The summed E-state index contributed by atoms with van der Waals surface area (Å²) in [7, 11) is 0. The molecule has 0 spiro atoms. The van der Waals surface area contributed by atoms with E-state index < -0.39 is 18.1 Å². The van der Waals surface area contributed by atoms with E-state index >= 15 is 0 Å². The Labute approximate surface area is 133 Å². The van der Waals surface area contributed by atoms with Crippen LogP contribution in [0.3, 0.4) is 0 Å². The molecule has 1 N–H and O–H groups in total. The largest absolute Gasteiger partial charge is 0.481 e. The maximum atomic E-state index is 12.8. The molecule has 0 aromatic carbocycles. The maximum absolute atomic E-state index is 12.8. The van der Waals surface area contributed by atoms with Gasteiger partial charge in [-0.25, -0.2) is 0 Å². The fourth-order valence-electron chi connectivity index (χ4n) is 3.45. The minimum Gasteiger partial charge on any atom is -0.481 e. The van der Waals surface area contributed by atoms with Gasteiger partial charge in [0.25, 0.3) is 0 Å². The Morgan fingerprint density at radius 3 is 3.00 bits per heavy atom. The molecule has 3 saturated heterocycles. The van der Waals surface area contributed by atoms with Crippen molar-refractivity contribution >= 4 is 29.5 Å². The lowest BCUT2D eigenvalue weighted by atomic mass is 10.1. The molecule has 3 fully saturated rings. The zero-order chi connectivity index (χ0) is 15.9. The van der Waals surface area contributed by atoms with Crippen molar-refractivity contribution in [1.29, 1.82) is 0 Å². The summed E-state index contributed by atoms with van der Waals surface area (Å²) in [5.41, 5.74) is 0. The van der Waals surface area contributed by atoms with Gasteiger partial charge in [0.15, 0.2) is 0 Å². The van der Waals surface area contributed by atoms with Crippen LogP contribution in [-0.4, -0.2) is 75.2 Å². The summed E-state index contributed by atoms with van der Waals surface area (Å²) in [4.78, 5) is 38.8. The van der Waals surface area contributed by atoms with Crippen molar-refractivity contribution in [2.45, 2.75) is 43.2 Å². The molecule has 3 heterocycles. The molecule has 0 radical (unpaired) electrons. The summed E-state index contributed by atoms with van der Waals surface area (Å²) in [5.74, 6) is -0.355. The molecule has 3 aliphatic heterocycles. The van der Waals surface area contributed by atoms with Crippen LogP contribution in [0.15, 0.2) is 0 Å². The second-order valence-corrected chi connectivity index (χ2v) is 7.64. The topological polar surface area (TPSA) is 87.2 Å². The van der Waals surface area contributed by atoms with Gasteiger partial charge < -0.3 is 19.6 Å². The van der Waals surface area contributed by atoms with Crippen molar-refractivity contribution in [3.63, 3.8) is 0 Å². The number of aliphatic carboxylic acids is 1. The molecule has 3 rings (SSSR count). The summed E-state index contributed by atoms with van der Waals surface area (Å²) in [5, 5.41) is 8.85. The number of fused-ring (bicyclic) bond motifs is 1. The van der Waals surface area contributed by atoms with Crippen LogP contribution in [-0.2, 0) is 19.1 Å². The number of carboxylic acid groups (broad SMARTS) is 1. The fourth-order valence-corrected chi connectivity index (χ4v) is 4.88. The third kappa shape index (κ3) is 2.69. The summed E-state index contributed by atoms with van der Waals surface area (Å²) in [6.45, 7) is 3.09. The van der Waals surface area contributed by atoms with E-state index in [1.807, 2.05) is 6.92 Å². The van der Waals surface area contributed by atoms with Crippen LogP contribution in [0.25, 0.3) is 0 Å². The first kappa shape index (κ1) is 15.6. The first-order valence-electron chi connectivity index (χ1n) is 7.49. The smallest absolute Gasteiger partial charge is 0.306 e. The van der Waals surface area contributed by atoms with Gasteiger partial charge in [-0.2, -0.15) is 0 Å². The summed E-state index contributed by atoms with van der Waals surface area (Å²) in [6, 6.07) is -0.423. The summed E-state index contributed by atoms with van der Waals surface area (Å²) < 4.78 is 5.40. The van der Waals surface area contributed by atoms with Crippen LogP contribution >= 0.6 is 11.8 Å². The van der Waals surface area contributed by atoms with Gasteiger partial charge in [-0.15, -0.1) is 11.8 Å². The van der Waals surface area contributed by atoms with Gasteiger partial charge in [0.1, 0.15) is 6.04 Å². The van der Waals surface area contributed by atoms with E-state index in [1.165, 1.54) is 0 Å². The number of ether oxygens (including phenoxy) is 1. The second-order valence-electron chi connectivity index (χ2n) is 6.14. The third-order valence-electron chi connectivity index (χ3n) is 4.58. The molecular formula is C14H20N2O5S. The minimum atomic E-state index is -0.932. The van der Waals surface area contributed by atoms with Crippen LogP contribution in [0.1, 0.15) is 26.2 Å². The molecule has 122 valence electrons. The first-order chi connectivity index (χ1) is 10.4. The zero-order valence-corrected chi connectivity index (χ0v) is 13.3.